The first-order valence-corrected chi connectivity index (χ1v) is 6.44. The number of aliphatic hydroxyl groups is 1. The van der Waals surface area contributed by atoms with Crippen molar-refractivity contribution in [1.29, 1.82) is 0 Å². The van der Waals surface area contributed by atoms with Gasteiger partial charge >= 0.3 is 0 Å². The average molecular weight is 250 g/mol. The summed E-state index contributed by atoms with van der Waals surface area (Å²) in [6.07, 6.45) is 3.54. The first kappa shape index (κ1) is 13.0. The Kier molecular flexibility index (Phi) is 4.25. The van der Waals surface area contributed by atoms with Gasteiger partial charge in [0, 0.05) is 39.1 Å². The van der Waals surface area contributed by atoms with Crippen molar-refractivity contribution in [2.75, 3.05) is 20.1 Å². The van der Waals surface area contributed by atoms with E-state index in [4.69, 9.17) is 0 Å². The average Bonchev–Trinajstić information content (AvgIpc) is 2.78. The number of hydrogen-bond donors (Lipinski definition) is 2. The summed E-state index contributed by atoms with van der Waals surface area (Å²) in [5.74, 6) is 0.920. The topological polar surface area (TPSA) is 52.8 Å². The van der Waals surface area contributed by atoms with E-state index in [0.717, 1.165) is 38.4 Å². The summed E-state index contributed by atoms with van der Waals surface area (Å²) in [4.78, 5) is 6.51. The van der Waals surface area contributed by atoms with Crippen LogP contribution in [0.1, 0.15) is 18.5 Å². The third kappa shape index (κ3) is 3.04. The Balaban J connectivity index is 1.88. The van der Waals surface area contributed by atoms with Gasteiger partial charge in [-0.05, 0) is 25.0 Å². The Morgan fingerprint density at radius 1 is 1.50 bits per heavy atom. The van der Waals surface area contributed by atoms with Crippen molar-refractivity contribution in [2.24, 2.45) is 12.0 Å². The Bertz CT molecular complexity index is 405. The third-order valence-electron chi connectivity index (χ3n) is 3.45. The molecule has 0 saturated carbocycles. The van der Waals surface area contributed by atoms with Crippen LogP contribution in [-0.2, 0) is 13.6 Å². The Morgan fingerprint density at radius 2 is 2.22 bits per heavy atom. The van der Waals surface area contributed by atoms with Crippen LogP contribution in [0.25, 0.3) is 0 Å². The van der Waals surface area contributed by atoms with Gasteiger partial charge in [0.05, 0.1) is 12.6 Å². The first-order chi connectivity index (χ1) is 8.70. The van der Waals surface area contributed by atoms with Gasteiger partial charge in [0.25, 0.3) is 0 Å². The fourth-order valence-electron chi connectivity index (χ4n) is 2.26. The molecule has 1 aliphatic heterocycles. The van der Waals surface area contributed by atoms with Crippen LogP contribution in [-0.4, -0.2) is 46.8 Å². The standard InChI is InChI=1S/C13H22N4O/c1-14-13(17-8-5-12(18)6-9-17)15-10-11-4-3-7-16(11)2/h3-4,7,12,18H,5-6,8-10H2,1-2H3,(H,14,15). The summed E-state index contributed by atoms with van der Waals surface area (Å²) in [6, 6.07) is 4.14. The van der Waals surface area contributed by atoms with Crippen LogP contribution >= 0.6 is 0 Å². The van der Waals surface area contributed by atoms with Gasteiger partial charge in [-0.3, -0.25) is 4.99 Å². The van der Waals surface area contributed by atoms with Crippen LogP contribution < -0.4 is 5.32 Å². The predicted molar refractivity (Wildman–Crippen MR) is 72.4 cm³/mol. The maximum atomic E-state index is 9.51. The first-order valence-electron chi connectivity index (χ1n) is 6.44. The summed E-state index contributed by atoms with van der Waals surface area (Å²) in [5.41, 5.74) is 1.23. The molecule has 0 amide bonds. The monoisotopic (exact) mass is 250 g/mol. The van der Waals surface area contributed by atoms with Gasteiger partial charge in [-0.25, -0.2) is 0 Å². The molecule has 0 atom stereocenters. The molecule has 0 aromatic carbocycles. The maximum Gasteiger partial charge on any atom is 0.193 e. The van der Waals surface area contributed by atoms with Crippen LogP contribution in [0, 0.1) is 0 Å². The second-order valence-electron chi connectivity index (χ2n) is 4.73. The zero-order valence-corrected chi connectivity index (χ0v) is 11.1. The van der Waals surface area contributed by atoms with Crippen LogP contribution in [0.4, 0.5) is 0 Å². The second-order valence-corrected chi connectivity index (χ2v) is 4.73. The lowest BCUT2D eigenvalue weighted by molar-refractivity contribution is 0.108. The quantitative estimate of drug-likeness (QED) is 0.595. The molecule has 18 heavy (non-hydrogen) atoms. The van der Waals surface area contributed by atoms with Gasteiger partial charge in [-0.2, -0.15) is 0 Å². The highest BCUT2D eigenvalue weighted by Gasteiger charge is 2.19. The number of nitrogens with zero attached hydrogens (tertiary/aromatic N) is 3. The summed E-state index contributed by atoms with van der Waals surface area (Å²) >= 11 is 0. The van der Waals surface area contributed by atoms with Gasteiger partial charge in [0.15, 0.2) is 5.96 Å². The molecule has 0 unspecified atom stereocenters. The number of nitrogens with one attached hydrogen (secondary N) is 1. The number of likely N-dealkylation sites (tertiary alicyclic amines) is 1. The fourth-order valence-corrected chi connectivity index (χ4v) is 2.26. The van der Waals surface area contributed by atoms with Crippen molar-refractivity contribution in [2.45, 2.75) is 25.5 Å². The highest BCUT2D eigenvalue weighted by Crippen LogP contribution is 2.10. The number of aryl methyl sites for hydroxylation is 1. The molecule has 2 N–H and O–H groups in total. The number of rotatable bonds is 2. The van der Waals surface area contributed by atoms with E-state index in [1.807, 2.05) is 19.3 Å². The molecule has 5 nitrogen and oxygen atoms in total. The molecule has 1 saturated heterocycles. The summed E-state index contributed by atoms with van der Waals surface area (Å²) < 4.78 is 2.10. The van der Waals surface area contributed by atoms with Crippen LogP contribution in [0.2, 0.25) is 0 Å². The van der Waals surface area contributed by atoms with E-state index in [-0.39, 0.29) is 6.10 Å². The minimum atomic E-state index is -0.146. The number of hydrogen-bond acceptors (Lipinski definition) is 2. The van der Waals surface area contributed by atoms with Gasteiger partial charge in [0.1, 0.15) is 0 Å². The molecule has 5 heteroatoms. The highest BCUT2D eigenvalue weighted by atomic mass is 16.3. The van der Waals surface area contributed by atoms with Crippen molar-refractivity contribution in [1.82, 2.24) is 14.8 Å². The number of aliphatic hydroxyl groups excluding tert-OH is 1. The molecular weight excluding hydrogens is 228 g/mol. The fraction of sp³-hybridized carbons (Fsp3) is 0.615. The third-order valence-corrected chi connectivity index (χ3v) is 3.45. The van der Waals surface area contributed by atoms with Crippen molar-refractivity contribution in [3.8, 4) is 0 Å². The lowest BCUT2D eigenvalue weighted by Gasteiger charge is -2.32. The molecule has 1 fully saturated rings. The van der Waals surface area contributed by atoms with Crippen LogP contribution in [0.3, 0.4) is 0 Å². The van der Waals surface area contributed by atoms with Gasteiger partial charge in [0.2, 0.25) is 0 Å². The smallest absolute Gasteiger partial charge is 0.193 e. The maximum absolute atomic E-state index is 9.51. The van der Waals surface area contributed by atoms with Crippen molar-refractivity contribution in [3.05, 3.63) is 24.0 Å². The zero-order chi connectivity index (χ0) is 13.0. The van der Waals surface area contributed by atoms with Gasteiger partial charge in [-0.15, -0.1) is 0 Å². The largest absolute Gasteiger partial charge is 0.393 e. The molecular formula is C13H22N4O. The Morgan fingerprint density at radius 3 is 2.78 bits per heavy atom. The van der Waals surface area contributed by atoms with E-state index in [9.17, 15) is 5.11 Å². The molecule has 1 aromatic rings. The molecule has 1 aliphatic rings. The van der Waals surface area contributed by atoms with Gasteiger partial charge < -0.3 is 19.9 Å². The van der Waals surface area contributed by atoms with Crippen LogP contribution in [0.15, 0.2) is 23.3 Å². The number of piperidine rings is 1. The second kappa shape index (κ2) is 5.91. The van der Waals surface area contributed by atoms with E-state index in [2.05, 4.69) is 25.8 Å². The Labute approximate surface area is 108 Å². The molecule has 1 aromatic heterocycles. The van der Waals surface area contributed by atoms with E-state index in [0.29, 0.717) is 0 Å². The van der Waals surface area contributed by atoms with Crippen LogP contribution in [0.5, 0.6) is 0 Å². The van der Waals surface area contributed by atoms with E-state index >= 15 is 0 Å². The number of guanidine groups is 1. The van der Waals surface area contributed by atoms with Gasteiger partial charge in [-0.1, -0.05) is 0 Å². The molecule has 100 valence electrons. The van der Waals surface area contributed by atoms with Crippen molar-refractivity contribution >= 4 is 5.96 Å². The van der Waals surface area contributed by atoms with Crippen molar-refractivity contribution in [3.63, 3.8) is 0 Å². The zero-order valence-electron chi connectivity index (χ0n) is 11.1. The summed E-state index contributed by atoms with van der Waals surface area (Å²) in [7, 11) is 3.84. The minimum absolute atomic E-state index is 0.146. The summed E-state index contributed by atoms with van der Waals surface area (Å²) in [6.45, 7) is 2.51. The predicted octanol–water partition coefficient (Wildman–Crippen LogP) is 0.557. The molecule has 0 bridgehead atoms. The Hall–Kier alpha value is -1.49. The SMILES string of the molecule is CN=C(NCc1cccn1C)N1CCC(O)CC1. The molecule has 0 aliphatic carbocycles. The molecule has 2 rings (SSSR count). The minimum Gasteiger partial charge on any atom is -0.393 e. The highest BCUT2D eigenvalue weighted by molar-refractivity contribution is 5.79. The van der Waals surface area contributed by atoms with E-state index < -0.39 is 0 Å². The molecule has 0 radical (unpaired) electrons. The lowest BCUT2D eigenvalue weighted by Crippen LogP contribution is -2.46. The number of aliphatic imine (C=N–C) groups is 1. The summed E-state index contributed by atoms with van der Waals surface area (Å²) in [5, 5.41) is 12.9. The van der Waals surface area contributed by atoms with E-state index in [1.54, 1.807) is 7.05 Å². The van der Waals surface area contributed by atoms with Crippen molar-refractivity contribution < 1.29 is 5.11 Å². The lowest BCUT2D eigenvalue weighted by atomic mass is 10.1. The number of aromatic nitrogens is 1. The molecule has 2 heterocycles. The molecule has 0 spiro atoms. The normalized spacial score (nSPS) is 18.2. The van der Waals surface area contributed by atoms with E-state index in [1.165, 1.54) is 5.69 Å².